The van der Waals surface area contributed by atoms with Gasteiger partial charge in [0, 0.05) is 29.5 Å². The highest BCUT2D eigenvalue weighted by atomic mass is 16.2. The molecule has 6 heteroatoms. The second-order valence-electron chi connectivity index (χ2n) is 6.36. The van der Waals surface area contributed by atoms with E-state index in [2.05, 4.69) is 15.6 Å². The lowest BCUT2D eigenvalue weighted by Crippen LogP contribution is -2.12. The summed E-state index contributed by atoms with van der Waals surface area (Å²) < 4.78 is 1.98. The number of carbonyl (C=O) groups is 2. The third-order valence-electron chi connectivity index (χ3n) is 4.32. The van der Waals surface area contributed by atoms with Gasteiger partial charge in [-0.2, -0.15) is 0 Å². The SMILES string of the molecule is CC(=O)Nc1ccc(NC(=O)c2ccc(-n3cnc4ccccc43)cc2)cc1. The third-order valence-corrected chi connectivity index (χ3v) is 4.32. The Bertz CT molecular complexity index is 1150. The Kier molecular flexibility index (Phi) is 4.60. The number of hydrogen-bond acceptors (Lipinski definition) is 3. The van der Waals surface area contributed by atoms with Gasteiger partial charge < -0.3 is 10.6 Å². The van der Waals surface area contributed by atoms with Crippen molar-refractivity contribution in [2.75, 3.05) is 10.6 Å². The summed E-state index contributed by atoms with van der Waals surface area (Å²) in [6.45, 7) is 1.45. The van der Waals surface area contributed by atoms with Crippen LogP contribution in [0, 0.1) is 0 Å². The molecule has 2 amide bonds. The number of nitrogens with zero attached hydrogens (tertiary/aromatic N) is 2. The molecule has 0 aliphatic carbocycles. The molecule has 0 atom stereocenters. The van der Waals surface area contributed by atoms with E-state index in [0.29, 0.717) is 16.9 Å². The highest BCUT2D eigenvalue weighted by Gasteiger charge is 2.08. The van der Waals surface area contributed by atoms with Crippen LogP contribution in [0.1, 0.15) is 17.3 Å². The molecule has 0 aliphatic rings. The van der Waals surface area contributed by atoms with E-state index >= 15 is 0 Å². The number of benzene rings is 3. The Morgan fingerprint density at radius 2 is 1.46 bits per heavy atom. The average Bonchev–Trinajstić information content (AvgIpc) is 3.13. The van der Waals surface area contributed by atoms with Crippen molar-refractivity contribution >= 4 is 34.2 Å². The summed E-state index contributed by atoms with van der Waals surface area (Å²) in [7, 11) is 0. The molecule has 138 valence electrons. The predicted octanol–water partition coefficient (Wildman–Crippen LogP) is 4.24. The van der Waals surface area contributed by atoms with Gasteiger partial charge in [-0.1, -0.05) is 12.1 Å². The molecule has 6 nitrogen and oxygen atoms in total. The van der Waals surface area contributed by atoms with Crippen LogP contribution < -0.4 is 10.6 Å². The van der Waals surface area contributed by atoms with Gasteiger partial charge in [-0.15, -0.1) is 0 Å². The molecule has 1 heterocycles. The molecule has 3 aromatic carbocycles. The van der Waals surface area contributed by atoms with E-state index in [4.69, 9.17) is 0 Å². The smallest absolute Gasteiger partial charge is 0.255 e. The number of anilines is 2. The Labute approximate surface area is 161 Å². The number of rotatable bonds is 4. The van der Waals surface area contributed by atoms with Gasteiger partial charge in [-0.25, -0.2) is 4.98 Å². The summed E-state index contributed by atoms with van der Waals surface area (Å²) in [6.07, 6.45) is 1.77. The Morgan fingerprint density at radius 1 is 0.821 bits per heavy atom. The van der Waals surface area contributed by atoms with Gasteiger partial charge >= 0.3 is 0 Å². The molecule has 0 fully saturated rings. The van der Waals surface area contributed by atoms with Gasteiger partial charge in [0.15, 0.2) is 0 Å². The van der Waals surface area contributed by atoms with Gasteiger partial charge in [0.05, 0.1) is 11.0 Å². The van der Waals surface area contributed by atoms with Crippen LogP contribution in [-0.2, 0) is 4.79 Å². The highest BCUT2D eigenvalue weighted by molar-refractivity contribution is 6.04. The summed E-state index contributed by atoms with van der Waals surface area (Å²) in [6, 6.07) is 22.2. The largest absolute Gasteiger partial charge is 0.326 e. The quantitative estimate of drug-likeness (QED) is 0.564. The van der Waals surface area contributed by atoms with Crippen LogP contribution in [0.2, 0.25) is 0 Å². The van der Waals surface area contributed by atoms with E-state index in [1.807, 2.05) is 41.0 Å². The molecule has 4 rings (SSSR count). The highest BCUT2D eigenvalue weighted by Crippen LogP contribution is 2.19. The van der Waals surface area contributed by atoms with Crippen molar-refractivity contribution in [1.29, 1.82) is 0 Å². The van der Waals surface area contributed by atoms with Crippen molar-refractivity contribution in [3.05, 3.63) is 84.7 Å². The van der Waals surface area contributed by atoms with Gasteiger partial charge in [0.25, 0.3) is 5.91 Å². The molecule has 0 saturated heterocycles. The Hall–Kier alpha value is -3.93. The summed E-state index contributed by atoms with van der Waals surface area (Å²) >= 11 is 0. The van der Waals surface area contributed by atoms with Gasteiger partial charge in [-0.05, 0) is 60.7 Å². The van der Waals surface area contributed by atoms with E-state index in [-0.39, 0.29) is 11.8 Å². The van der Waals surface area contributed by atoms with Crippen LogP contribution in [0.15, 0.2) is 79.1 Å². The number of imidazole rings is 1. The minimum atomic E-state index is -0.200. The summed E-state index contributed by atoms with van der Waals surface area (Å²) in [5.74, 6) is -0.336. The molecule has 0 spiro atoms. The summed E-state index contributed by atoms with van der Waals surface area (Å²) in [5.41, 5.74) is 4.77. The van der Waals surface area contributed by atoms with Crippen LogP contribution in [-0.4, -0.2) is 21.4 Å². The lowest BCUT2D eigenvalue weighted by atomic mass is 10.1. The van der Waals surface area contributed by atoms with Crippen molar-refractivity contribution in [1.82, 2.24) is 9.55 Å². The zero-order valence-corrected chi connectivity index (χ0v) is 15.2. The lowest BCUT2D eigenvalue weighted by molar-refractivity contribution is -0.114. The zero-order chi connectivity index (χ0) is 19.5. The first-order valence-electron chi connectivity index (χ1n) is 8.82. The molecule has 1 aromatic heterocycles. The number of fused-ring (bicyclic) bond motifs is 1. The zero-order valence-electron chi connectivity index (χ0n) is 15.2. The fraction of sp³-hybridized carbons (Fsp3) is 0.0455. The fourth-order valence-corrected chi connectivity index (χ4v) is 2.98. The normalized spacial score (nSPS) is 10.6. The predicted molar refractivity (Wildman–Crippen MR) is 110 cm³/mol. The number of carbonyl (C=O) groups excluding carboxylic acids is 2. The number of amides is 2. The summed E-state index contributed by atoms with van der Waals surface area (Å²) in [4.78, 5) is 27.9. The van der Waals surface area contributed by atoms with E-state index in [9.17, 15) is 9.59 Å². The van der Waals surface area contributed by atoms with E-state index in [1.54, 1.807) is 42.7 Å². The van der Waals surface area contributed by atoms with E-state index in [1.165, 1.54) is 6.92 Å². The molecular formula is C22H18N4O2. The number of aromatic nitrogens is 2. The second kappa shape index (κ2) is 7.36. The van der Waals surface area contributed by atoms with E-state index < -0.39 is 0 Å². The van der Waals surface area contributed by atoms with Gasteiger partial charge in [0.2, 0.25) is 5.91 Å². The maximum absolute atomic E-state index is 12.5. The topological polar surface area (TPSA) is 76.0 Å². The lowest BCUT2D eigenvalue weighted by Gasteiger charge is -2.08. The van der Waals surface area contributed by atoms with Crippen LogP contribution in [0.25, 0.3) is 16.7 Å². The molecule has 0 aliphatic heterocycles. The minimum Gasteiger partial charge on any atom is -0.326 e. The number of nitrogens with one attached hydrogen (secondary N) is 2. The average molecular weight is 370 g/mol. The first-order chi connectivity index (χ1) is 13.6. The number of para-hydroxylation sites is 2. The molecule has 0 bridgehead atoms. The van der Waals surface area contributed by atoms with Gasteiger partial charge in [0.1, 0.15) is 6.33 Å². The van der Waals surface area contributed by atoms with Crippen molar-refractivity contribution in [3.63, 3.8) is 0 Å². The maximum atomic E-state index is 12.5. The minimum absolute atomic E-state index is 0.137. The third kappa shape index (κ3) is 3.61. The first-order valence-corrected chi connectivity index (χ1v) is 8.82. The molecule has 0 saturated carbocycles. The van der Waals surface area contributed by atoms with Crippen molar-refractivity contribution in [2.45, 2.75) is 6.92 Å². The van der Waals surface area contributed by atoms with Crippen LogP contribution in [0.5, 0.6) is 0 Å². The molecular weight excluding hydrogens is 352 g/mol. The molecule has 4 aromatic rings. The van der Waals surface area contributed by atoms with Crippen LogP contribution in [0.3, 0.4) is 0 Å². The molecule has 28 heavy (non-hydrogen) atoms. The van der Waals surface area contributed by atoms with Gasteiger partial charge in [-0.3, -0.25) is 14.2 Å². The Balaban J connectivity index is 1.49. The monoisotopic (exact) mass is 370 g/mol. The summed E-state index contributed by atoms with van der Waals surface area (Å²) in [5, 5.41) is 5.54. The fourth-order valence-electron chi connectivity index (χ4n) is 2.98. The maximum Gasteiger partial charge on any atom is 0.255 e. The van der Waals surface area contributed by atoms with Crippen molar-refractivity contribution < 1.29 is 9.59 Å². The van der Waals surface area contributed by atoms with Crippen LogP contribution >= 0.6 is 0 Å². The number of hydrogen-bond donors (Lipinski definition) is 2. The van der Waals surface area contributed by atoms with E-state index in [0.717, 1.165) is 16.7 Å². The van der Waals surface area contributed by atoms with Crippen LogP contribution in [0.4, 0.5) is 11.4 Å². The first kappa shape index (κ1) is 17.5. The standard InChI is InChI=1S/C22H18N4O2/c1-15(27)24-17-8-10-18(11-9-17)25-22(28)16-6-12-19(13-7-16)26-14-23-20-4-2-3-5-21(20)26/h2-14H,1H3,(H,24,27)(H,25,28). The Morgan fingerprint density at radius 3 is 2.14 bits per heavy atom. The molecule has 0 unspecified atom stereocenters. The molecule has 0 radical (unpaired) electrons. The van der Waals surface area contributed by atoms with Crippen molar-refractivity contribution in [3.8, 4) is 5.69 Å². The van der Waals surface area contributed by atoms with Crippen molar-refractivity contribution in [2.24, 2.45) is 0 Å². The second-order valence-corrected chi connectivity index (χ2v) is 6.36. The molecule has 2 N–H and O–H groups in total.